The average molecular weight is 526 g/mol. The molecule has 0 bridgehead atoms. The van der Waals surface area contributed by atoms with E-state index in [1.165, 1.54) is 18.3 Å². The number of hydrogen-bond donors (Lipinski definition) is 2. The van der Waals surface area contributed by atoms with E-state index >= 15 is 0 Å². The van der Waals surface area contributed by atoms with Crippen LogP contribution in [-0.4, -0.2) is 37.3 Å². The zero-order valence-corrected chi connectivity index (χ0v) is 18.3. The monoisotopic (exact) mass is 526 g/mol. The molecule has 0 aliphatic rings. The van der Waals surface area contributed by atoms with Crippen molar-refractivity contribution < 1.29 is 22.3 Å². The minimum absolute atomic E-state index is 0. The Hall–Kier alpha value is -2.11. The van der Waals surface area contributed by atoms with E-state index in [-0.39, 0.29) is 42.2 Å². The van der Waals surface area contributed by atoms with Crippen LogP contribution in [0.15, 0.2) is 41.5 Å². The van der Waals surface area contributed by atoms with Crippen LogP contribution in [0.25, 0.3) is 0 Å². The highest BCUT2D eigenvalue weighted by Crippen LogP contribution is 2.19. The molecule has 0 saturated heterocycles. The van der Waals surface area contributed by atoms with Gasteiger partial charge in [0, 0.05) is 31.9 Å². The van der Waals surface area contributed by atoms with Crippen molar-refractivity contribution in [2.24, 2.45) is 4.99 Å². The maximum atomic E-state index is 13.1. The highest BCUT2D eigenvalue weighted by atomic mass is 127. The normalized spacial score (nSPS) is 11.6. The fraction of sp³-hybridized carbons (Fsp3) is 0.368. The summed E-state index contributed by atoms with van der Waals surface area (Å²) in [5, 5.41) is 6.12. The summed E-state index contributed by atoms with van der Waals surface area (Å²) < 4.78 is 55.0. The van der Waals surface area contributed by atoms with E-state index in [9.17, 15) is 17.6 Å². The number of aliphatic imine (C=N–C) groups is 1. The Bertz CT molecular complexity index is 815. The second-order valence-electron chi connectivity index (χ2n) is 6.04. The van der Waals surface area contributed by atoms with Crippen LogP contribution in [-0.2, 0) is 13.0 Å². The number of nitrogens with zero attached hydrogens (tertiary/aromatic N) is 2. The predicted octanol–water partition coefficient (Wildman–Crippen LogP) is 4.00. The molecule has 0 aliphatic heterocycles. The number of hydrogen-bond acceptors (Lipinski definition) is 3. The van der Waals surface area contributed by atoms with Gasteiger partial charge in [-0.15, -0.1) is 24.0 Å². The molecule has 1 heterocycles. The average Bonchev–Trinajstić information content (AvgIpc) is 2.64. The molecule has 2 aromatic rings. The number of halogens is 5. The minimum Gasteiger partial charge on any atom is -0.468 e. The number of aryl methyl sites for hydroxylation is 1. The molecule has 0 aliphatic carbocycles. The molecule has 160 valence electrons. The van der Waals surface area contributed by atoms with Crippen molar-refractivity contribution in [2.45, 2.75) is 26.1 Å². The summed E-state index contributed by atoms with van der Waals surface area (Å²) in [4.78, 5) is 7.93. The highest BCUT2D eigenvalue weighted by molar-refractivity contribution is 14.0. The summed E-state index contributed by atoms with van der Waals surface area (Å²) in [5.74, 6) is 0.127. The molecule has 29 heavy (non-hydrogen) atoms. The van der Waals surface area contributed by atoms with Gasteiger partial charge in [-0.25, -0.2) is 9.37 Å². The first-order chi connectivity index (χ1) is 13.3. The molecule has 2 rings (SSSR count). The molecule has 0 unspecified atom stereocenters. The van der Waals surface area contributed by atoms with Gasteiger partial charge in [-0.1, -0.05) is 12.1 Å². The quantitative estimate of drug-likeness (QED) is 0.248. The van der Waals surface area contributed by atoms with Crippen molar-refractivity contribution in [3.05, 3.63) is 59.0 Å². The summed E-state index contributed by atoms with van der Waals surface area (Å²) >= 11 is 0. The maximum absolute atomic E-state index is 13.1. The van der Waals surface area contributed by atoms with Crippen LogP contribution < -0.4 is 15.4 Å². The summed E-state index contributed by atoms with van der Waals surface area (Å²) in [7, 11) is 1.59. The largest absolute Gasteiger partial charge is 0.468 e. The number of ether oxygens (including phenoxy) is 1. The number of benzene rings is 1. The number of guanidine groups is 1. The Morgan fingerprint density at radius 1 is 1.17 bits per heavy atom. The van der Waals surface area contributed by atoms with Crippen molar-refractivity contribution in [2.75, 3.05) is 20.2 Å². The van der Waals surface area contributed by atoms with Crippen LogP contribution in [0.2, 0.25) is 0 Å². The fourth-order valence-electron chi connectivity index (χ4n) is 2.49. The van der Waals surface area contributed by atoms with Crippen molar-refractivity contribution in [3.8, 4) is 5.88 Å². The molecule has 1 aromatic heterocycles. The van der Waals surface area contributed by atoms with E-state index in [1.807, 2.05) is 6.92 Å². The van der Waals surface area contributed by atoms with Crippen LogP contribution in [0.3, 0.4) is 0 Å². The lowest BCUT2D eigenvalue weighted by molar-refractivity contribution is -0.154. The SMILES string of the molecule is CN=C(NCCc1ccc(F)cc1C)NCc1cccnc1OCC(F)(F)F.I. The third-order valence-corrected chi connectivity index (χ3v) is 3.88. The molecule has 0 spiro atoms. The summed E-state index contributed by atoms with van der Waals surface area (Å²) in [6.07, 6.45) is -2.40. The zero-order chi connectivity index (χ0) is 20.6. The molecule has 2 N–H and O–H groups in total. The second-order valence-corrected chi connectivity index (χ2v) is 6.04. The number of nitrogens with one attached hydrogen (secondary N) is 2. The van der Waals surface area contributed by atoms with Crippen LogP contribution in [0.4, 0.5) is 17.6 Å². The fourth-order valence-corrected chi connectivity index (χ4v) is 2.49. The lowest BCUT2D eigenvalue weighted by Crippen LogP contribution is -2.38. The molecule has 0 radical (unpaired) electrons. The van der Waals surface area contributed by atoms with Gasteiger partial charge in [0.25, 0.3) is 0 Å². The molecule has 0 saturated carbocycles. The maximum Gasteiger partial charge on any atom is 0.422 e. The van der Waals surface area contributed by atoms with Gasteiger partial charge in [-0.3, -0.25) is 4.99 Å². The van der Waals surface area contributed by atoms with Gasteiger partial charge in [0.05, 0.1) is 0 Å². The van der Waals surface area contributed by atoms with Crippen LogP contribution in [0, 0.1) is 12.7 Å². The van der Waals surface area contributed by atoms with E-state index in [4.69, 9.17) is 4.74 Å². The standard InChI is InChI=1S/C19H22F4N4O.HI/c1-13-10-16(20)6-5-14(13)7-9-26-18(24-2)27-11-15-4-3-8-25-17(15)28-12-19(21,22)23;/h3-6,8,10H,7,9,11-12H2,1-2H3,(H2,24,26,27);1H. The number of aromatic nitrogens is 1. The van der Waals surface area contributed by atoms with Crippen LogP contribution >= 0.6 is 24.0 Å². The van der Waals surface area contributed by atoms with Gasteiger partial charge >= 0.3 is 6.18 Å². The van der Waals surface area contributed by atoms with Crippen molar-refractivity contribution in [3.63, 3.8) is 0 Å². The number of pyridine rings is 1. The Labute approximate surface area is 184 Å². The highest BCUT2D eigenvalue weighted by Gasteiger charge is 2.29. The molecule has 10 heteroatoms. The van der Waals surface area contributed by atoms with Crippen molar-refractivity contribution in [1.29, 1.82) is 0 Å². The minimum atomic E-state index is -4.43. The second kappa shape index (κ2) is 11.8. The third kappa shape index (κ3) is 8.84. The van der Waals surface area contributed by atoms with Crippen molar-refractivity contribution >= 4 is 29.9 Å². The van der Waals surface area contributed by atoms with E-state index < -0.39 is 12.8 Å². The molecular formula is C19H23F4IN4O. The lowest BCUT2D eigenvalue weighted by atomic mass is 10.1. The molecule has 0 fully saturated rings. The zero-order valence-electron chi connectivity index (χ0n) is 16.0. The van der Waals surface area contributed by atoms with Gasteiger partial charge in [0.2, 0.25) is 5.88 Å². The summed E-state index contributed by atoms with van der Waals surface area (Å²) in [6, 6.07) is 7.88. The summed E-state index contributed by atoms with van der Waals surface area (Å²) in [6.45, 7) is 1.18. The van der Waals surface area contributed by atoms with Gasteiger partial charge in [0.1, 0.15) is 5.82 Å². The molecular weight excluding hydrogens is 503 g/mol. The van der Waals surface area contributed by atoms with Gasteiger partial charge in [0.15, 0.2) is 12.6 Å². The molecule has 1 aromatic carbocycles. The van der Waals surface area contributed by atoms with E-state index in [0.29, 0.717) is 24.5 Å². The Kier molecular flexibility index (Phi) is 10.1. The smallest absolute Gasteiger partial charge is 0.422 e. The van der Waals surface area contributed by atoms with Crippen molar-refractivity contribution in [1.82, 2.24) is 15.6 Å². The number of alkyl halides is 3. The van der Waals surface area contributed by atoms with E-state index in [0.717, 1.165) is 11.1 Å². The molecule has 5 nitrogen and oxygen atoms in total. The first kappa shape index (κ1) is 24.9. The van der Waals surface area contributed by atoms with E-state index in [1.54, 1.807) is 25.2 Å². The lowest BCUT2D eigenvalue weighted by Gasteiger charge is -2.15. The van der Waals surface area contributed by atoms with Gasteiger partial charge < -0.3 is 15.4 Å². The topological polar surface area (TPSA) is 58.5 Å². The van der Waals surface area contributed by atoms with Crippen LogP contribution in [0.5, 0.6) is 5.88 Å². The van der Waals surface area contributed by atoms with Gasteiger partial charge in [-0.05, 0) is 42.7 Å². The molecule has 0 atom stereocenters. The Morgan fingerprint density at radius 2 is 1.93 bits per heavy atom. The first-order valence-electron chi connectivity index (χ1n) is 8.61. The molecule has 0 amide bonds. The van der Waals surface area contributed by atoms with E-state index in [2.05, 4.69) is 20.6 Å². The van der Waals surface area contributed by atoms with Crippen LogP contribution in [0.1, 0.15) is 16.7 Å². The summed E-state index contributed by atoms with van der Waals surface area (Å²) in [5.41, 5.74) is 2.36. The van der Waals surface area contributed by atoms with Gasteiger partial charge in [-0.2, -0.15) is 13.2 Å². The third-order valence-electron chi connectivity index (χ3n) is 3.88. The predicted molar refractivity (Wildman–Crippen MR) is 114 cm³/mol. The Balaban J connectivity index is 0.00000420. The first-order valence-corrected chi connectivity index (χ1v) is 8.61. The number of rotatable bonds is 7. The Morgan fingerprint density at radius 3 is 2.59 bits per heavy atom.